The summed E-state index contributed by atoms with van der Waals surface area (Å²) in [5, 5.41) is 21.1. The molecule has 0 bridgehead atoms. The zero-order valence-corrected chi connectivity index (χ0v) is 6.70. The van der Waals surface area contributed by atoms with Crippen molar-refractivity contribution in [2.45, 2.75) is 13.1 Å². The standard InChI is InChI=1S/C6H12N2O4/c1-4(7-5(11)2-9)8-6(12)3-10/h4,9-10H,2-3H2,1H3,(H,7,11)(H,8,12). The van der Waals surface area contributed by atoms with Gasteiger partial charge in [0.1, 0.15) is 13.2 Å². The van der Waals surface area contributed by atoms with Gasteiger partial charge in [-0.05, 0) is 6.92 Å². The largest absolute Gasteiger partial charge is 0.387 e. The summed E-state index contributed by atoms with van der Waals surface area (Å²) in [6.07, 6.45) is -0.593. The lowest BCUT2D eigenvalue weighted by atomic mass is 10.5. The first kappa shape index (κ1) is 10.9. The Labute approximate surface area is 69.6 Å². The molecule has 6 nitrogen and oxygen atoms in total. The third kappa shape index (κ3) is 4.64. The predicted octanol–water partition coefficient (Wildman–Crippen LogP) is -2.45. The van der Waals surface area contributed by atoms with E-state index in [1.165, 1.54) is 6.92 Å². The summed E-state index contributed by atoms with van der Waals surface area (Å²) >= 11 is 0. The van der Waals surface area contributed by atoms with Crippen molar-refractivity contribution in [1.29, 1.82) is 0 Å². The first-order valence-electron chi connectivity index (χ1n) is 3.40. The summed E-state index contributed by atoms with van der Waals surface area (Å²) in [7, 11) is 0. The molecule has 0 spiro atoms. The second kappa shape index (κ2) is 5.50. The van der Waals surface area contributed by atoms with Gasteiger partial charge in [0.2, 0.25) is 11.8 Å². The molecule has 0 radical (unpaired) electrons. The Morgan fingerprint density at radius 2 is 1.50 bits per heavy atom. The number of aliphatic hydroxyl groups excluding tert-OH is 2. The molecule has 0 fully saturated rings. The predicted molar refractivity (Wildman–Crippen MR) is 39.9 cm³/mol. The highest BCUT2D eigenvalue weighted by atomic mass is 16.3. The van der Waals surface area contributed by atoms with E-state index in [-0.39, 0.29) is 0 Å². The molecule has 2 amide bonds. The summed E-state index contributed by atoms with van der Waals surface area (Å²) in [6, 6.07) is 0. The van der Waals surface area contributed by atoms with Crippen LogP contribution in [0.1, 0.15) is 6.92 Å². The van der Waals surface area contributed by atoms with Crippen molar-refractivity contribution in [2.24, 2.45) is 0 Å². The molecule has 0 aromatic carbocycles. The molecule has 0 aliphatic rings. The van der Waals surface area contributed by atoms with E-state index in [0.29, 0.717) is 0 Å². The van der Waals surface area contributed by atoms with Crippen molar-refractivity contribution in [3.8, 4) is 0 Å². The first-order valence-corrected chi connectivity index (χ1v) is 3.40. The molecule has 6 heteroatoms. The SMILES string of the molecule is CC(NC(=O)CO)NC(=O)CO. The molecule has 0 saturated heterocycles. The van der Waals surface area contributed by atoms with Crippen LogP contribution in [0.5, 0.6) is 0 Å². The molecule has 0 rings (SSSR count). The maximum absolute atomic E-state index is 10.5. The number of nitrogens with one attached hydrogen (secondary N) is 2. The number of amides is 2. The molecule has 4 N–H and O–H groups in total. The Hall–Kier alpha value is -1.14. The van der Waals surface area contributed by atoms with Crippen molar-refractivity contribution in [1.82, 2.24) is 10.6 Å². The Morgan fingerprint density at radius 1 is 1.17 bits per heavy atom. The van der Waals surface area contributed by atoms with Crippen LogP contribution < -0.4 is 10.6 Å². The number of carbonyl (C=O) groups excluding carboxylic acids is 2. The highest BCUT2D eigenvalue weighted by Crippen LogP contribution is 1.75. The smallest absolute Gasteiger partial charge is 0.247 e. The minimum atomic E-state index is -0.626. The summed E-state index contributed by atoms with van der Waals surface area (Å²) in [5.74, 6) is -1.17. The van der Waals surface area contributed by atoms with E-state index in [1.54, 1.807) is 0 Å². The van der Waals surface area contributed by atoms with Crippen molar-refractivity contribution in [3.63, 3.8) is 0 Å². The van der Waals surface area contributed by atoms with Crippen LogP contribution in [0, 0.1) is 0 Å². The van der Waals surface area contributed by atoms with Gasteiger partial charge in [0.05, 0.1) is 6.17 Å². The topological polar surface area (TPSA) is 98.7 Å². The van der Waals surface area contributed by atoms with Crippen LogP contribution in [0.25, 0.3) is 0 Å². The number of rotatable bonds is 4. The van der Waals surface area contributed by atoms with Gasteiger partial charge in [-0.25, -0.2) is 0 Å². The van der Waals surface area contributed by atoms with Gasteiger partial charge in [-0.1, -0.05) is 0 Å². The minimum absolute atomic E-state index is 0.583. The molecule has 70 valence electrons. The number of hydrogen-bond acceptors (Lipinski definition) is 4. The highest BCUT2D eigenvalue weighted by molar-refractivity contribution is 5.80. The Kier molecular flexibility index (Phi) is 4.98. The minimum Gasteiger partial charge on any atom is -0.387 e. The third-order valence-electron chi connectivity index (χ3n) is 1.04. The number of carbonyl (C=O) groups is 2. The Balaban J connectivity index is 3.66. The van der Waals surface area contributed by atoms with Gasteiger partial charge in [-0.15, -0.1) is 0 Å². The van der Waals surface area contributed by atoms with E-state index in [1.807, 2.05) is 0 Å². The Bertz CT molecular complexity index is 153. The van der Waals surface area contributed by atoms with Crippen LogP contribution in [0.3, 0.4) is 0 Å². The van der Waals surface area contributed by atoms with Crippen molar-refractivity contribution >= 4 is 11.8 Å². The summed E-state index contributed by atoms with van der Waals surface area (Å²) < 4.78 is 0. The maximum Gasteiger partial charge on any atom is 0.247 e. The quantitative estimate of drug-likeness (QED) is 0.357. The molecule has 0 saturated carbocycles. The van der Waals surface area contributed by atoms with Crippen LogP contribution in [0.2, 0.25) is 0 Å². The number of aliphatic hydroxyl groups is 2. The second-order valence-corrected chi connectivity index (χ2v) is 2.17. The zero-order valence-electron chi connectivity index (χ0n) is 6.70. The molecule has 0 heterocycles. The van der Waals surface area contributed by atoms with Crippen LogP contribution in [-0.2, 0) is 9.59 Å². The zero-order chi connectivity index (χ0) is 9.56. The van der Waals surface area contributed by atoms with E-state index in [0.717, 1.165) is 0 Å². The summed E-state index contributed by atoms with van der Waals surface area (Å²) in [4.78, 5) is 21.0. The van der Waals surface area contributed by atoms with Crippen LogP contribution >= 0.6 is 0 Å². The fraction of sp³-hybridized carbons (Fsp3) is 0.667. The maximum atomic E-state index is 10.5. The lowest BCUT2D eigenvalue weighted by Crippen LogP contribution is -2.47. The molecule has 12 heavy (non-hydrogen) atoms. The summed E-state index contributed by atoms with van der Waals surface area (Å²) in [6.45, 7) is 0.264. The van der Waals surface area contributed by atoms with Gasteiger partial charge in [0.15, 0.2) is 0 Å². The van der Waals surface area contributed by atoms with Gasteiger partial charge < -0.3 is 20.8 Å². The first-order chi connectivity index (χ1) is 5.60. The molecular formula is C6H12N2O4. The second-order valence-electron chi connectivity index (χ2n) is 2.17. The fourth-order valence-corrected chi connectivity index (χ4v) is 0.610. The van der Waals surface area contributed by atoms with E-state index < -0.39 is 31.2 Å². The highest BCUT2D eigenvalue weighted by Gasteiger charge is 2.07. The lowest BCUT2D eigenvalue weighted by molar-refractivity contribution is -0.127. The van der Waals surface area contributed by atoms with Gasteiger partial charge in [-0.3, -0.25) is 9.59 Å². The van der Waals surface area contributed by atoms with Gasteiger partial charge in [0.25, 0.3) is 0 Å². The van der Waals surface area contributed by atoms with Crippen LogP contribution in [-0.4, -0.2) is 41.4 Å². The third-order valence-corrected chi connectivity index (χ3v) is 1.04. The molecular weight excluding hydrogens is 164 g/mol. The van der Waals surface area contributed by atoms with Gasteiger partial charge in [0, 0.05) is 0 Å². The van der Waals surface area contributed by atoms with E-state index in [9.17, 15) is 9.59 Å². The van der Waals surface area contributed by atoms with E-state index in [4.69, 9.17) is 10.2 Å². The van der Waals surface area contributed by atoms with E-state index in [2.05, 4.69) is 10.6 Å². The van der Waals surface area contributed by atoms with Crippen molar-refractivity contribution < 1.29 is 19.8 Å². The molecule has 0 aromatic rings. The fourth-order valence-electron chi connectivity index (χ4n) is 0.610. The normalized spacial score (nSPS) is 9.67. The van der Waals surface area contributed by atoms with Crippen molar-refractivity contribution in [3.05, 3.63) is 0 Å². The van der Waals surface area contributed by atoms with Crippen LogP contribution in [0.4, 0.5) is 0 Å². The average molecular weight is 176 g/mol. The van der Waals surface area contributed by atoms with Crippen molar-refractivity contribution in [2.75, 3.05) is 13.2 Å². The lowest BCUT2D eigenvalue weighted by Gasteiger charge is -2.13. The average Bonchev–Trinajstić information content (AvgIpc) is 2.03. The molecule has 0 unspecified atom stereocenters. The monoisotopic (exact) mass is 176 g/mol. The molecule has 0 aromatic heterocycles. The molecule has 0 aliphatic heterocycles. The molecule has 0 atom stereocenters. The van der Waals surface area contributed by atoms with Gasteiger partial charge >= 0.3 is 0 Å². The van der Waals surface area contributed by atoms with E-state index >= 15 is 0 Å². The van der Waals surface area contributed by atoms with Gasteiger partial charge in [-0.2, -0.15) is 0 Å². The Morgan fingerprint density at radius 3 is 1.75 bits per heavy atom. The number of hydrogen-bond donors (Lipinski definition) is 4. The van der Waals surface area contributed by atoms with Crippen LogP contribution in [0.15, 0.2) is 0 Å². The summed E-state index contributed by atoms with van der Waals surface area (Å²) in [5.41, 5.74) is 0. The molecule has 0 aliphatic carbocycles.